The summed E-state index contributed by atoms with van der Waals surface area (Å²) in [5.74, 6) is -0.401. The molecule has 3 aromatic carbocycles. The van der Waals surface area contributed by atoms with Crippen molar-refractivity contribution >= 4 is 23.8 Å². The zero-order valence-corrected chi connectivity index (χ0v) is 30.4. The summed E-state index contributed by atoms with van der Waals surface area (Å²) in [5.41, 5.74) is 1.90. The van der Waals surface area contributed by atoms with E-state index in [2.05, 4.69) is 10.6 Å². The van der Waals surface area contributed by atoms with Crippen LogP contribution in [-0.2, 0) is 48.4 Å². The second kappa shape index (κ2) is 19.1. The largest absolute Gasteiger partial charge is 0.497 e. The smallest absolute Gasteiger partial charge is 0.309 e. The standard InChI is InChI=1S/C42H52N2O8/c1-49-36-21-17-34(37(25-36)50-2)27-43-38(45)22-18-33(40(47)52-29-31-13-7-4-8-14-31)26-42(23-9-10-24-42)41(48)44-35-19-15-32(16-20-35)39(46)51-28-30-11-5-3-6-12-30/h3-8,11-14,17,21,25,32-33,35H,9-10,15-16,18-20,22-24,26-29H2,1-2H3,(H,43,45)(H,44,48)/t32-,33?,35+. The second-order valence-electron chi connectivity index (χ2n) is 14.1. The Hall–Kier alpha value is -4.86. The molecule has 2 N–H and O–H groups in total. The Morgan fingerprint density at radius 1 is 0.788 bits per heavy atom. The predicted octanol–water partition coefficient (Wildman–Crippen LogP) is 6.83. The van der Waals surface area contributed by atoms with E-state index in [0.717, 1.165) is 29.5 Å². The molecule has 2 fully saturated rings. The quantitative estimate of drug-likeness (QED) is 0.146. The lowest BCUT2D eigenvalue weighted by Crippen LogP contribution is -2.47. The number of hydrogen-bond donors (Lipinski definition) is 2. The van der Waals surface area contributed by atoms with E-state index < -0.39 is 17.3 Å². The first-order valence-electron chi connectivity index (χ1n) is 18.5. The molecule has 5 rings (SSSR count). The van der Waals surface area contributed by atoms with E-state index in [1.54, 1.807) is 20.3 Å². The molecule has 0 radical (unpaired) electrons. The van der Waals surface area contributed by atoms with E-state index >= 15 is 0 Å². The number of benzene rings is 3. The maximum atomic E-state index is 14.1. The van der Waals surface area contributed by atoms with Crippen molar-refractivity contribution in [1.82, 2.24) is 10.6 Å². The number of carbonyl (C=O) groups is 4. The number of rotatable bonds is 17. The van der Waals surface area contributed by atoms with Gasteiger partial charge in [0.2, 0.25) is 11.8 Å². The van der Waals surface area contributed by atoms with Crippen LogP contribution >= 0.6 is 0 Å². The lowest BCUT2D eigenvalue weighted by Gasteiger charge is -2.35. The fourth-order valence-electron chi connectivity index (χ4n) is 7.44. The zero-order valence-electron chi connectivity index (χ0n) is 30.4. The van der Waals surface area contributed by atoms with Crippen molar-refractivity contribution in [2.75, 3.05) is 14.2 Å². The lowest BCUT2D eigenvalue weighted by atomic mass is 9.75. The van der Waals surface area contributed by atoms with Crippen molar-refractivity contribution in [3.8, 4) is 11.5 Å². The Bertz CT molecular complexity index is 1620. The first kappa shape index (κ1) is 38.4. The van der Waals surface area contributed by atoms with Crippen LogP contribution in [0.5, 0.6) is 11.5 Å². The molecule has 1 unspecified atom stereocenters. The number of carbonyl (C=O) groups excluding carboxylic acids is 4. The van der Waals surface area contributed by atoms with Crippen LogP contribution in [0.1, 0.15) is 87.3 Å². The highest BCUT2D eigenvalue weighted by Crippen LogP contribution is 2.45. The maximum absolute atomic E-state index is 14.1. The van der Waals surface area contributed by atoms with Crippen molar-refractivity contribution in [3.05, 3.63) is 95.6 Å². The van der Waals surface area contributed by atoms with E-state index in [0.29, 0.717) is 56.4 Å². The molecule has 0 spiro atoms. The molecule has 0 saturated heterocycles. The number of esters is 2. The van der Waals surface area contributed by atoms with Gasteiger partial charge in [-0.2, -0.15) is 0 Å². The summed E-state index contributed by atoms with van der Waals surface area (Å²) in [6, 6.07) is 24.5. The molecule has 3 aromatic rings. The number of hydrogen-bond acceptors (Lipinski definition) is 8. The highest BCUT2D eigenvalue weighted by atomic mass is 16.5. The Labute approximate surface area is 306 Å². The van der Waals surface area contributed by atoms with Crippen molar-refractivity contribution in [1.29, 1.82) is 0 Å². The number of ether oxygens (including phenoxy) is 4. The highest BCUT2D eigenvalue weighted by molar-refractivity contribution is 5.84. The minimum atomic E-state index is -0.727. The SMILES string of the molecule is COc1ccc(CNC(=O)CCC(CC2(C(=O)N[C@H]3CC[C@@H](C(=O)OCc4ccccc4)CC3)CCCC2)C(=O)OCc2ccccc2)c(OC)c1. The summed E-state index contributed by atoms with van der Waals surface area (Å²) >= 11 is 0. The Morgan fingerprint density at radius 2 is 1.42 bits per heavy atom. The van der Waals surface area contributed by atoms with E-state index in [9.17, 15) is 19.2 Å². The first-order chi connectivity index (χ1) is 25.3. The van der Waals surface area contributed by atoms with Crippen molar-refractivity contribution in [3.63, 3.8) is 0 Å². The van der Waals surface area contributed by atoms with Crippen molar-refractivity contribution < 1.29 is 38.1 Å². The second-order valence-corrected chi connectivity index (χ2v) is 14.1. The molecule has 2 amide bonds. The number of nitrogens with one attached hydrogen (secondary N) is 2. The fraction of sp³-hybridized carbons (Fsp3) is 0.476. The molecular weight excluding hydrogens is 660 g/mol. The van der Waals surface area contributed by atoms with Gasteiger partial charge in [-0.1, -0.05) is 73.5 Å². The molecular formula is C42H52N2O8. The van der Waals surface area contributed by atoms with Gasteiger partial charge in [0.1, 0.15) is 24.7 Å². The minimum Gasteiger partial charge on any atom is -0.497 e. The van der Waals surface area contributed by atoms with Gasteiger partial charge in [-0.25, -0.2) is 0 Å². The van der Waals surface area contributed by atoms with Crippen LogP contribution in [0.3, 0.4) is 0 Å². The third-order valence-electron chi connectivity index (χ3n) is 10.5. The van der Waals surface area contributed by atoms with E-state index in [1.807, 2.05) is 72.8 Å². The Balaban J connectivity index is 1.18. The van der Waals surface area contributed by atoms with Crippen LogP contribution < -0.4 is 20.1 Å². The maximum Gasteiger partial charge on any atom is 0.309 e. The molecule has 2 aliphatic carbocycles. The van der Waals surface area contributed by atoms with Crippen molar-refractivity contribution in [2.45, 2.75) is 96.4 Å². The molecule has 10 nitrogen and oxygen atoms in total. The van der Waals surface area contributed by atoms with E-state index in [4.69, 9.17) is 18.9 Å². The normalized spacial score (nSPS) is 18.4. The Morgan fingerprint density at radius 3 is 2.04 bits per heavy atom. The zero-order chi connectivity index (χ0) is 36.8. The van der Waals surface area contributed by atoms with Gasteiger partial charge < -0.3 is 29.6 Å². The third-order valence-corrected chi connectivity index (χ3v) is 10.5. The molecule has 2 aliphatic rings. The van der Waals surface area contributed by atoms with E-state index in [1.165, 1.54) is 0 Å². The van der Waals surface area contributed by atoms with Gasteiger partial charge in [0.05, 0.1) is 31.5 Å². The van der Waals surface area contributed by atoms with Gasteiger partial charge in [0, 0.05) is 30.6 Å². The molecule has 0 heterocycles. The summed E-state index contributed by atoms with van der Waals surface area (Å²) in [4.78, 5) is 53.7. The van der Waals surface area contributed by atoms with Crippen LogP contribution in [-0.4, -0.2) is 44.0 Å². The molecule has 0 aliphatic heterocycles. The molecule has 1 atom stereocenters. The monoisotopic (exact) mass is 712 g/mol. The van der Waals surface area contributed by atoms with Crippen LogP contribution in [0.4, 0.5) is 0 Å². The highest BCUT2D eigenvalue weighted by Gasteiger charge is 2.45. The van der Waals surface area contributed by atoms with Gasteiger partial charge in [0.15, 0.2) is 0 Å². The van der Waals surface area contributed by atoms with Crippen LogP contribution in [0.2, 0.25) is 0 Å². The summed E-state index contributed by atoms with van der Waals surface area (Å²) < 4.78 is 22.1. The molecule has 2 saturated carbocycles. The third kappa shape index (κ3) is 10.8. The van der Waals surface area contributed by atoms with Gasteiger partial charge in [-0.3, -0.25) is 19.2 Å². The molecule has 0 aromatic heterocycles. The first-order valence-corrected chi connectivity index (χ1v) is 18.5. The Kier molecular flexibility index (Phi) is 14.1. The fourth-order valence-corrected chi connectivity index (χ4v) is 7.44. The van der Waals surface area contributed by atoms with E-state index in [-0.39, 0.29) is 62.3 Å². The summed E-state index contributed by atoms with van der Waals surface area (Å²) in [6.45, 7) is 0.636. The average Bonchev–Trinajstić information content (AvgIpc) is 3.67. The summed E-state index contributed by atoms with van der Waals surface area (Å²) in [7, 11) is 3.14. The molecule has 52 heavy (non-hydrogen) atoms. The molecule has 10 heteroatoms. The van der Waals surface area contributed by atoms with Crippen LogP contribution in [0.15, 0.2) is 78.9 Å². The van der Waals surface area contributed by atoms with Gasteiger partial charge >= 0.3 is 11.9 Å². The van der Waals surface area contributed by atoms with Gasteiger partial charge in [0.25, 0.3) is 0 Å². The topological polar surface area (TPSA) is 129 Å². The average molecular weight is 713 g/mol. The number of amides is 2. The molecule has 278 valence electrons. The van der Waals surface area contributed by atoms with Gasteiger partial charge in [-0.05, 0) is 74.6 Å². The molecule has 0 bridgehead atoms. The lowest BCUT2D eigenvalue weighted by molar-refractivity contribution is -0.152. The van der Waals surface area contributed by atoms with Crippen molar-refractivity contribution in [2.24, 2.45) is 17.3 Å². The summed E-state index contributed by atoms with van der Waals surface area (Å²) in [5, 5.41) is 6.25. The summed E-state index contributed by atoms with van der Waals surface area (Å²) in [6.07, 6.45) is 6.48. The van der Waals surface area contributed by atoms with Gasteiger partial charge in [-0.15, -0.1) is 0 Å². The number of methoxy groups -OCH3 is 2. The minimum absolute atomic E-state index is 0.0444. The predicted molar refractivity (Wildman–Crippen MR) is 196 cm³/mol. The van der Waals surface area contributed by atoms with Crippen LogP contribution in [0.25, 0.3) is 0 Å². The van der Waals surface area contributed by atoms with Crippen LogP contribution in [0, 0.1) is 17.3 Å².